The quantitative estimate of drug-likeness (QED) is 0.801. The van der Waals surface area contributed by atoms with E-state index >= 15 is 0 Å². The highest BCUT2D eigenvalue weighted by molar-refractivity contribution is 6.42. The third-order valence-electron chi connectivity index (χ3n) is 2.98. The predicted molar refractivity (Wildman–Crippen MR) is 91.9 cm³/mol. The lowest BCUT2D eigenvalue weighted by Gasteiger charge is -2.09. The summed E-state index contributed by atoms with van der Waals surface area (Å²) >= 11 is 11.8. The Balaban J connectivity index is 2.11. The van der Waals surface area contributed by atoms with Crippen LogP contribution in [0.1, 0.15) is 11.1 Å². The van der Waals surface area contributed by atoms with Crippen LogP contribution < -0.4 is 10.1 Å². The van der Waals surface area contributed by atoms with Gasteiger partial charge in [0.05, 0.1) is 22.8 Å². The molecule has 2 aromatic carbocycles. The summed E-state index contributed by atoms with van der Waals surface area (Å²) < 4.78 is 5.22. The van der Waals surface area contributed by atoms with Crippen LogP contribution in [-0.2, 0) is 4.79 Å². The van der Waals surface area contributed by atoms with E-state index in [9.17, 15) is 4.79 Å². The smallest absolute Gasteiger partial charge is 0.248 e. The van der Waals surface area contributed by atoms with Crippen LogP contribution in [-0.4, -0.2) is 13.0 Å². The van der Waals surface area contributed by atoms with Crippen LogP contribution in [0.5, 0.6) is 5.75 Å². The number of anilines is 1. The molecule has 22 heavy (non-hydrogen) atoms. The van der Waals surface area contributed by atoms with Crippen molar-refractivity contribution in [3.05, 3.63) is 63.6 Å². The Morgan fingerprint density at radius 1 is 1.14 bits per heavy atom. The zero-order chi connectivity index (χ0) is 16.1. The van der Waals surface area contributed by atoms with Gasteiger partial charge in [-0.05, 0) is 48.4 Å². The van der Waals surface area contributed by atoms with E-state index in [0.717, 1.165) is 11.1 Å². The van der Waals surface area contributed by atoms with E-state index in [0.29, 0.717) is 21.5 Å². The third kappa shape index (κ3) is 4.26. The minimum absolute atomic E-state index is 0.255. The van der Waals surface area contributed by atoms with Crippen molar-refractivity contribution in [2.24, 2.45) is 0 Å². The standard InChI is InChI=1S/C17H15Cl2NO2/c1-11-3-7-16(22-2)15(9-11)20-17(21)8-5-12-4-6-13(18)14(19)10-12/h3-10H,1-2H3,(H,20,21). The molecule has 1 amide bonds. The van der Waals surface area contributed by atoms with E-state index in [4.69, 9.17) is 27.9 Å². The SMILES string of the molecule is COc1ccc(C)cc1NC(=O)C=Cc1ccc(Cl)c(Cl)c1. The van der Waals surface area contributed by atoms with Crippen molar-refractivity contribution in [3.8, 4) is 5.75 Å². The molecule has 0 heterocycles. The first-order chi connectivity index (χ1) is 10.5. The lowest BCUT2D eigenvalue weighted by atomic mass is 10.2. The van der Waals surface area contributed by atoms with E-state index in [2.05, 4.69) is 5.32 Å². The number of nitrogens with one attached hydrogen (secondary N) is 1. The first-order valence-corrected chi connectivity index (χ1v) is 7.34. The zero-order valence-corrected chi connectivity index (χ0v) is 13.7. The second kappa shape index (κ2) is 7.34. The summed E-state index contributed by atoms with van der Waals surface area (Å²) in [4.78, 5) is 12.0. The van der Waals surface area contributed by atoms with Gasteiger partial charge >= 0.3 is 0 Å². The number of halogens is 2. The molecule has 2 aromatic rings. The summed E-state index contributed by atoms with van der Waals surface area (Å²) in [6.45, 7) is 1.95. The Bertz CT molecular complexity index is 727. The Kier molecular flexibility index (Phi) is 5.47. The van der Waals surface area contributed by atoms with E-state index in [-0.39, 0.29) is 5.91 Å². The summed E-state index contributed by atoms with van der Waals surface area (Å²) in [6, 6.07) is 10.7. The van der Waals surface area contributed by atoms with Crippen molar-refractivity contribution in [2.75, 3.05) is 12.4 Å². The first kappa shape index (κ1) is 16.4. The van der Waals surface area contributed by atoms with Gasteiger partial charge in [-0.2, -0.15) is 0 Å². The Morgan fingerprint density at radius 3 is 2.59 bits per heavy atom. The van der Waals surface area contributed by atoms with Crippen LogP contribution in [0.15, 0.2) is 42.5 Å². The minimum atomic E-state index is -0.255. The predicted octanol–water partition coefficient (Wildman–Crippen LogP) is 4.96. The number of rotatable bonds is 4. The fraction of sp³-hybridized carbons (Fsp3) is 0.118. The minimum Gasteiger partial charge on any atom is -0.495 e. The van der Waals surface area contributed by atoms with Crippen LogP contribution in [0.25, 0.3) is 6.08 Å². The van der Waals surface area contributed by atoms with Crippen molar-refractivity contribution in [1.29, 1.82) is 0 Å². The molecule has 3 nitrogen and oxygen atoms in total. The molecule has 0 aromatic heterocycles. The topological polar surface area (TPSA) is 38.3 Å². The van der Waals surface area contributed by atoms with E-state index in [1.165, 1.54) is 6.08 Å². The fourth-order valence-corrected chi connectivity index (χ4v) is 2.19. The molecule has 0 atom stereocenters. The molecule has 5 heteroatoms. The summed E-state index contributed by atoms with van der Waals surface area (Å²) in [5.74, 6) is 0.358. The number of amides is 1. The normalized spacial score (nSPS) is 10.7. The molecule has 0 bridgehead atoms. The van der Waals surface area contributed by atoms with Crippen molar-refractivity contribution in [1.82, 2.24) is 0 Å². The second-order valence-electron chi connectivity index (χ2n) is 4.70. The van der Waals surface area contributed by atoms with Crippen molar-refractivity contribution >= 4 is 40.9 Å². The van der Waals surface area contributed by atoms with Gasteiger partial charge in [0.1, 0.15) is 5.75 Å². The molecule has 0 aliphatic carbocycles. The number of benzene rings is 2. The van der Waals surface area contributed by atoms with Gasteiger partial charge in [0.25, 0.3) is 0 Å². The van der Waals surface area contributed by atoms with Gasteiger partial charge < -0.3 is 10.1 Å². The van der Waals surface area contributed by atoms with Gasteiger partial charge in [-0.25, -0.2) is 0 Å². The van der Waals surface area contributed by atoms with Gasteiger partial charge in [-0.3, -0.25) is 4.79 Å². The average molecular weight is 336 g/mol. The molecule has 0 radical (unpaired) electrons. The highest BCUT2D eigenvalue weighted by Gasteiger charge is 2.05. The molecule has 0 saturated heterocycles. The van der Waals surface area contributed by atoms with Crippen molar-refractivity contribution < 1.29 is 9.53 Å². The number of carbonyl (C=O) groups excluding carboxylic acids is 1. The van der Waals surface area contributed by atoms with Crippen LogP contribution in [0.3, 0.4) is 0 Å². The van der Waals surface area contributed by atoms with Crippen LogP contribution >= 0.6 is 23.2 Å². The number of hydrogen-bond acceptors (Lipinski definition) is 2. The van der Waals surface area contributed by atoms with Crippen LogP contribution in [0.4, 0.5) is 5.69 Å². The number of carbonyl (C=O) groups is 1. The summed E-state index contributed by atoms with van der Waals surface area (Å²) in [5, 5.41) is 3.72. The molecule has 0 aliphatic heterocycles. The van der Waals surface area contributed by atoms with E-state index in [1.807, 2.05) is 25.1 Å². The lowest BCUT2D eigenvalue weighted by molar-refractivity contribution is -0.111. The maximum atomic E-state index is 12.0. The maximum Gasteiger partial charge on any atom is 0.248 e. The molecule has 0 saturated carbocycles. The molecule has 0 fully saturated rings. The molecular formula is C17H15Cl2NO2. The molecule has 0 aliphatic rings. The average Bonchev–Trinajstić information content (AvgIpc) is 2.49. The van der Waals surface area contributed by atoms with Gasteiger partial charge in [-0.15, -0.1) is 0 Å². The summed E-state index contributed by atoms with van der Waals surface area (Å²) in [5.41, 5.74) is 2.46. The van der Waals surface area contributed by atoms with Gasteiger partial charge in [0.15, 0.2) is 0 Å². The highest BCUT2D eigenvalue weighted by atomic mass is 35.5. The number of ether oxygens (including phenoxy) is 1. The Labute approximate surface area is 139 Å². The molecule has 0 spiro atoms. The second-order valence-corrected chi connectivity index (χ2v) is 5.51. The van der Waals surface area contributed by atoms with Crippen LogP contribution in [0.2, 0.25) is 10.0 Å². The number of methoxy groups -OCH3 is 1. The molecular weight excluding hydrogens is 321 g/mol. The highest BCUT2D eigenvalue weighted by Crippen LogP contribution is 2.25. The van der Waals surface area contributed by atoms with E-state index in [1.54, 1.807) is 31.4 Å². The molecule has 2 rings (SSSR count). The lowest BCUT2D eigenvalue weighted by Crippen LogP contribution is -2.09. The fourth-order valence-electron chi connectivity index (χ4n) is 1.88. The van der Waals surface area contributed by atoms with Crippen molar-refractivity contribution in [2.45, 2.75) is 6.92 Å². The molecule has 114 valence electrons. The molecule has 1 N–H and O–H groups in total. The van der Waals surface area contributed by atoms with Crippen LogP contribution in [0, 0.1) is 6.92 Å². The summed E-state index contributed by atoms with van der Waals surface area (Å²) in [6.07, 6.45) is 3.10. The van der Waals surface area contributed by atoms with Gasteiger partial charge in [0.2, 0.25) is 5.91 Å². The third-order valence-corrected chi connectivity index (χ3v) is 3.72. The van der Waals surface area contributed by atoms with E-state index < -0.39 is 0 Å². The largest absolute Gasteiger partial charge is 0.495 e. The maximum absolute atomic E-state index is 12.0. The zero-order valence-electron chi connectivity index (χ0n) is 12.2. The summed E-state index contributed by atoms with van der Waals surface area (Å²) in [7, 11) is 1.56. The Hall–Kier alpha value is -1.97. The first-order valence-electron chi connectivity index (χ1n) is 6.58. The van der Waals surface area contributed by atoms with Gasteiger partial charge in [0, 0.05) is 6.08 Å². The van der Waals surface area contributed by atoms with Crippen molar-refractivity contribution in [3.63, 3.8) is 0 Å². The Morgan fingerprint density at radius 2 is 1.91 bits per heavy atom. The molecule has 0 unspecified atom stereocenters. The number of hydrogen-bond donors (Lipinski definition) is 1. The van der Waals surface area contributed by atoms with Gasteiger partial charge in [-0.1, -0.05) is 35.3 Å². The monoisotopic (exact) mass is 335 g/mol. The number of aryl methyl sites for hydroxylation is 1.